The van der Waals surface area contributed by atoms with Crippen molar-refractivity contribution in [2.75, 3.05) is 13.2 Å². The number of hydrogen-bond donors (Lipinski definition) is 2. The lowest BCUT2D eigenvalue weighted by atomic mass is 10.1. The molecule has 3 rings (SSSR count). The van der Waals surface area contributed by atoms with Crippen molar-refractivity contribution in [2.45, 2.75) is 13.5 Å². The maximum Gasteiger partial charge on any atom is 0.163 e. The summed E-state index contributed by atoms with van der Waals surface area (Å²) in [6.45, 7) is 2.53. The minimum Gasteiger partial charge on any atom is -0.505 e. The van der Waals surface area contributed by atoms with E-state index < -0.39 is 0 Å². The summed E-state index contributed by atoms with van der Waals surface area (Å²) in [4.78, 5) is 8.35. The first-order chi connectivity index (χ1) is 10.7. The van der Waals surface area contributed by atoms with E-state index in [0.29, 0.717) is 47.2 Å². The number of rotatable bonds is 3. The van der Waals surface area contributed by atoms with Crippen LogP contribution in [-0.2, 0) is 6.61 Å². The Morgan fingerprint density at radius 1 is 1.27 bits per heavy atom. The second-order valence-corrected chi connectivity index (χ2v) is 4.88. The number of benzene rings is 1. The third-order valence-electron chi connectivity index (χ3n) is 3.40. The summed E-state index contributed by atoms with van der Waals surface area (Å²) in [6.07, 6.45) is 3.04. The second-order valence-electron chi connectivity index (χ2n) is 4.88. The van der Waals surface area contributed by atoms with Gasteiger partial charge in [-0.3, -0.25) is 9.98 Å². The molecule has 2 heterocycles. The molecule has 6 heteroatoms. The van der Waals surface area contributed by atoms with Gasteiger partial charge in [-0.15, -0.1) is 0 Å². The second kappa shape index (κ2) is 6.03. The highest BCUT2D eigenvalue weighted by molar-refractivity contribution is 5.87. The Hall–Kier alpha value is -2.60. The maximum absolute atomic E-state index is 10.1. The van der Waals surface area contributed by atoms with Gasteiger partial charge >= 0.3 is 0 Å². The summed E-state index contributed by atoms with van der Waals surface area (Å²) in [5.41, 5.74) is 2.14. The summed E-state index contributed by atoms with van der Waals surface area (Å²) < 4.78 is 11.0. The molecule has 2 N–H and O–H groups in total. The Bertz CT molecular complexity index is 728. The minimum atomic E-state index is -0.219. The fourth-order valence-electron chi connectivity index (χ4n) is 2.17. The number of fused-ring (bicyclic) bond motifs is 1. The highest BCUT2D eigenvalue weighted by atomic mass is 16.6. The van der Waals surface area contributed by atoms with Crippen LogP contribution in [0.15, 0.2) is 29.4 Å². The lowest BCUT2D eigenvalue weighted by molar-refractivity contribution is 0.171. The number of ether oxygens (including phenoxy) is 2. The monoisotopic (exact) mass is 300 g/mol. The van der Waals surface area contributed by atoms with E-state index in [-0.39, 0.29) is 12.4 Å². The molecule has 1 aliphatic rings. The largest absolute Gasteiger partial charge is 0.505 e. The number of hydrogen-bond acceptors (Lipinski definition) is 6. The van der Waals surface area contributed by atoms with Gasteiger partial charge in [0.1, 0.15) is 19.0 Å². The minimum absolute atomic E-state index is 0.0212. The Morgan fingerprint density at radius 3 is 2.82 bits per heavy atom. The van der Waals surface area contributed by atoms with Crippen LogP contribution in [0.25, 0.3) is 0 Å². The van der Waals surface area contributed by atoms with E-state index in [1.54, 1.807) is 25.1 Å². The van der Waals surface area contributed by atoms with E-state index in [2.05, 4.69) is 9.98 Å². The topological polar surface area (TPSA) is 84.2 Å². The number of aliphatic hydroxyl groups is 1. The molecule has 0 fully saturated rings. The first-order valence-electron chi connectivity index (χ1n) is 6.91. The summed E-state index contributed by atoms with van der Waals surface area (Å²) in [7, 11) is 0. The molecule has 0 spiro atoms. The van der Waals surface area contributed by atoms with Gasteiger partial charge in [-0.1, -0.05) is 0 Å². The van der Waals surface area contributed by atoms with Crippen molar-refractivity contribution in [3.05, 3.63) is 41.2 Å². The van der Waals surface area contributed by atoms with Crippen LogP contribution >= 0.6 is 0 Å². The highest BCUT2D eigenvalue weighted by Crippen LogP contribution is 2.33. The molecule has 0 atom stereocenters. The predicted octanol–water partition coefficient (Wildman–Crippen LogP) is 2.11. The van der Waals surface area contributed by atoms with Crippen LogP contribution in [0.5, 0.6) is 17.2 Å². The van der Waals surface area contributed by atoms with Crippen molar-refractivity contribution in [3.63, 3.8) is 0 Å². The predicted molar refractivity (Wildman–Crippen MR) is 81.2 cm³/mol. The average Bonchev–Trinajstić information content (AvgIpc) is 2.56. The van der Waals surface area contributed by atoms with Crippen LogP contribution in [0.1, 0.15) is 16.8 Å². The normalized spacial score (nSPS) is 13.5. The zero-order valence-corrected chi connectivity index (χ0v) is 12.1. The van der Waals surface area contributed by atoms with Crippen LogP contribution in [0.4, 0.5) is 5.69 Å². The maximum atomic E-state index is 10.1. The van der Waals surface area contributed by atoms with Gasteiger partial charge in [-0.2, -0.15) is 0 Å². The number of aliphatic hydroxyl groups excluding tert-OH is 1. The number of aryl methyl sites for hydroxylation is 1. The Labute approximate surface area is 127 Å². The zero-order chi connectivity index (χ0) is 15.5. The summed E-state index contributed by atoms with van der Waals surface area (Å²) in [6, 6.07) is 5.37. The average molecular weight is 300 g/mol. The van der Waals surface area contributed by atoms with E-state index in [1.165, 1.54) is 12.4 Å². The van der Waals surface area contributed by atoms with E-state index in [1.807, 2.05) is 0 Å². The molecule has 0 aliphatic carbocycles. The molecule has 1 aliphatic heterocycles. The number of nitrogens with zero attached hydrogens (tertiary/aromatic N) is 2. The summed E-state index contributed by atoms with van der Waals surface area (Å²) in [5, 5.41) is 19.4. The highest BCUT2D eigenvalue weighted by Gasteiger charge is 2.12. The molecule has 2 aromatic rings. The number of aliphatic imine (C=N–C) groups is 1. The fourth-order valence-corrected chi connectivity index (χ4v) is 2.17. The lowest BCUT2D eigenvalue weighted by Gasteiger charge is -2.18. The van der Waals surface area contributed by atoms with Crippen molar-refractivity contribution in [1.82, 2.24) is 4.98 Å². The molecule has 0 saturated carbocycles. The Kier molecular flexibility index (Phi) is 3.93. The standard InChI is InChI=1S/C16H16N2O4/c1-10-16(20)13(11(9-19)7-17-10)8-18-12-2-3-14-15(6-12)22-5-4-21-14/h2-3,6-8,19-20H,4-5,9H2,1H3. The van der Waals surface area contributed by atoms with E-state index in [0.717, 1.165) is 0 Å². The van der Waals surface area contributed by atoms with Gasteiger partial charge in [0, 0.05) is 29.6 Å². The van der Waals surface area contributed by atoms with Crippen molar-refractivity contribution in [2.24, 2.45) is 4.99 Å². The molecule has 0 amide bonds. The molecule has 0 bridgehead atoms. The molecule has 22 heavy (non-hydrogen) atoms. The van der Waals surface area contributed by atoms with Crippen LogP contribution in [-0.4, -0.2) is 34.6 Å². The number of aromatic nitrogens is 1. The van der Waals surface area contributed by atoms with Gasteiger partial charge in [-0.25, -0.2) is 0 Å². The molecule has 1 aromatic heterocycles. The first kappa shape index (κ1) is 14.3. The lowest BCUT2D eigenvalue weighted by Crippen LogP contribution is -2.14. The van der Waals surface area contributed by atoms with E-state index in [9.17, 15) is 10.2 Å². The van der Waals surface area contributed by atoms with Gasteiger partial charge in [0.25, 0.3) is 0 Å². The van der Waals surface area contributed by atoms with Crippen LogP contribution in [0.3, 0.4) is 0 Å². The zero-order valence-electron chi connectivity index (χ0n) is 12.1. The molecular formula is C16H16N2O4. The van der Waals surface area contributed by atoms with Crippen LogP contribution < -0.4 is 9.47 Å². The molecule has 1 aromatic carbocycles. The van der Waals surface area contributed by atoms with Gasteiger partial charge in [0.05, 0.1) is 18.0 Å². The quantitative estimate of drug-likeness (QED) is 0.848. The smallest absolute Gasteiger partial charge is 0.163 e. The number of pyridine rings is 1. The van der Waals surface area contributed by atoms with Crippen LogP contribution in [0, 0.1) is 6.92 Å². The molecular weight excluding hydrogens is 284 g/mol. The summed E-state index contributed by atoms with van der Waals surface area (Å²) >= 11 is 0. The number of aromatic hydroxyl groups is 1. The third kappa shape index (κ3) is 2.73. The van der Waals surface area contributed by atoms with Crippen molar-refractivity contribution in [1.29, 1.82) is 0 Å². The Morgan fingerprint density at radius 2 is 2.05 bits per heavy atom. The van der Waals surface area contributed by atoms with Crippen molar-refractivity contribution < 1.29 is 19.7 Å². The van der Waals surface area contributed by atoms with Crippen molar-refractivity contribution in [3.8, 4) is 17.2 Å². The Balaban J connectivity index is 1.93. The van der Waals surface area contributed by atoms with Gasteiger partial charge in [0.15, 0.2) is 11.5 Å². The first-order valence-corrected chi connectivity index (χ1v) is 6.91. The SMILES string of the molecule is Cc1ncc(CO)c(C=Nc2ccc3c(c2)OCCO3)c1O. The summed E-state index contributed by atoms with van der Waals surface area (Å²) in [5.74, 6) is 1.37. The van der Waals surface area contributed by atoms with E-state index in [4.69, 9.17) is 9.47 Å². The molecule has 0 radical (unpaired) electrons. The molecule has 6 nitrogen and oxygen atoms in total. The van der Waals surface area contributed by atoms with Crippen LogP contribution in [0.2, 0.25) is 0 Å². The van der Waals surface area contributed by atoms with Gasteiger partial charge in [-0.05, 0) is 19.1 Å². The molecule has 114 valence electrons. The molecule has 0 unspecified atom stereocenters. The molecule has 0 saturated heterocycles. The van der Waals surface area contributed by atoms with E-state index >= 15 is 0 Å². The fraction of sp³-hybridized carbons (Fsp3) is 0.250. The van der Waals surface area contributed by atoms with Gasteiger partial charge < -0.3 is 19.7 Å². The van der Waals surface area contributed by atoms with Crippen molar-refractivity contribution >= 4 is 11.9 Å². The third-order valence-corrected chi connectivity index (χ3v) is 3.40. The van der Waals surface area contributed by atoms with Gasteiger partial charge in [0.2, 0.25) is 0 Å².